The quantitative estimate of drug-likeness (QED) is 0.757. The van der Waals surface area contributed by atoms with Gasteiger partial charge in [-0.05, 0) is 11.8 Å². The molecule has 0 aliphatic heterocycles. The van der Waals surface area contributed by atoms with Crippen LogP contribution in [-0.4, -0.2) is 17.3 Å². The average molecular weight is 248 g/mol. The van der Waals surface area contributed by atoms with E-state index in [0.29, 0.717) is 5.75 Å². The number of benzene rings is 1. The van der Waals surface area contributed by atoms with Crippen LogP contribution in [0, 0.1) is 0 Å². The molecule has 0 fully saturated rings. The zero-order valence-electron chi connectivity index (χ0n) is 8.67. The van der Waals surface area contributed by atoms with E-state index in [1.54, 1.807) is 0 Å². The fraction of sp³-hybridized carbons (Fsp3) is 0.364. The van der Waals surface area contributed by atoms with Crippen LogP contribution in [0.3, 0.4) is 0 Å². The summed E-state index contributed by atoms with van der Waals surface area (Å²) < 4.78 is 37.7. The third-order valence-corrected chi connectivity index (χ3v) is 2.84. The normalized spacial score (nSPS) is 11.5. The Morgan fingerprint density at radius 1 is 1.31 bits per heavy atom. The molecule has 1 aromatic carbocycles. The summed E-state index contributed by atoms with van der Waals surface area (Å²) in [6, 6.07) is 4.89. The van der Waals surface area contributed by atoms with Gasteiger partial charge in [-0.25, -0.2) is 0 Å². The maximum Gasteiger partial charge on any atom is 0.417 e. The maximum atomic E-state index is 12.6. The van der Waals surface area contributed by atoms with E-state index in [4.69, 9.17) is 0 Å². The van der Waals surface area contributed by atoms with Gasteiger partial charge in [0.05, 0.1) is 11.3 Å². The highest BCUT2D eigenvalue weighted by atomic mass is 32.2. The molecule has 0 aliphatic carbocycles. The molecule has 0 heterocycles. The van der Waals surface area contributed by atoms with E-state index in [1.165, 1.54) is 30.0 Å². The summed E-state index contributed by atoms with van der Waals surface area (Å²) in [7, 11) is 0. The lowest BCUT2D eigenvalue weighted by atomic mass is 10.0. The Hall–Kier alpha value is -0.970. The molecule has 0 saturated heterocycles. The lowest BCUT2D eigenvalue weighted by molar-refractivity contribution is -0.137. The second-order valence-electron chi connectivity index (χ2n) is 3.10. The van der Waals surface area contributed by atoms with Crippen LogP contribution in [0.5, 0.6) is 0 Å². The molecule has 0 aromatic heterocycles. The first-order chi connectivity index (χ1) is 7.46. The maximum absolute atomic E-state index is 12.6. The molecule has 0 amide bonds. The summed E-state index contributed by atoms with van der Waals surface area (Å²) in [6.45, 7) is 1.85. The Bertz CT molecular complexity index is 374. The fourth-order valence-corrected chi connectivity index (χ4v) is 1.79. The fourth-order valence-electron chi connectivity index (χ4n) is 1.25. The minimum absolute atomic E-state index is 0.0869. The van der Waals surface area contributed by atoms with Crippen molar-refractivity contribution in [2.45, 2.75) is 13.1 Å². The number of carbonyl (C=O) groups excluding carboxylic acids is 1. The van der Waals surface area contributed by atoms with Crippen LogP contribution in [0.2, 0.25) is 0 Å². The highest BCUT2D eigenvalue weighted by Crippen LogP contribution is 2.32. The standard InChI is InChI=1S/C11H11F3OS/c1-2-16-7-10(15)8-5-3-4-6-9(8)11(12,13)14/h3-6H,2,7H2,1H3. The summed E-state index contributed by atoms with van der Waals surface area (Å²) in [5.41, 5.74) is -1.09. The minimum atomic E-state index is -4.47. The molecule has 5 heteroatoms. The largest absolute Gasteiger partial charge is 0.417 e. The number of Topliss-reactive ketones (excluding diaryl/α,β-unsaturated/α-hetero) is 1. The van der Waals surface area contributed by atoms with Gasteiger partial charge in [0, 0.05) is 5.56 Å². The van der Waals surface area contributed by atoms with Gasteiger partial charge >= 0.3 is 6.18 Å². The van der Waals surface area contributed by atoms with Crippen molar-refractivity contribution in [2.75, 3.05) is 11.5 Å². The molecule has 0 saturated carbocycles. The Labute approximate surface area is 96.0 Å². The van der Waals surface area contributed by atoms with E-state index >= 15 is 0 Å². The van der Waals surface area contributed by atoms with Crippen molar-refractivity contribution < 1.29 is 18.0 Å². The molecular formula is C11H11F3OS. The Morgan fingerprint density at radius 2 is 1.94 bits per heavy atom. The van der Waals surface area contributed by atoms with Crippen LogP contribution in [0.1, 0.15) is 22.8 Å². The third-order valence-electron chi connectivity index (χ3n) is 1.97. The topological polar surface area (TPSA) is 17.1 Å². The summed E-state index contributed by atoms with van der Waals surface area (Å²) in [6.07, 6.45) is -4.47. The summed E-state index contributed by atoms with van der Waals surface area (Å²) in [5.74, 6) is 0.323. The molecule has 1 rings (SSSR count). The van der Waals surface area contributed by atoms with Crippen LogP contribution in [0.4, 0.5) is 13.2 Å². The summed E-state index contributed by atoms with van der Waals surface area (Å²) in [5, 5.41) is 0. The zero-order chi connectivity index (χ0) is 12.2. The predicted octanol–water partition coefficient (Wildman–Crippen LogP) is 3.64. The number of alkyl halides is 3. The van der Waals surface area contributed by atoms with Crippen LogP contribution in [-0.2, 0) is 6.18 Å². The molecule has 0 bridgehead atoms. The van der Waals surface area contributed by atoms with E-state index in [-0.39, 0.29) is 11.3 Å². The minimum Gasteiger partial charge on any atom is -0.293 e. The number of ketones is 1. The number of halogens is 3. The summed E-state index contributed by atoms with van der Waals surface area (Å²) in [4.78, 5) is 11.6. The molecule has 0 radical (unpaired) electrons. The lowest BCUT2D eigenvalue weighted by Gasteiger charge is -2.11. The molecule has 88 valence electrons. The van der Waals surface area contributed by atoms with Gasteiger partial charge in [-0.3, -0.25) is 4.79 Å². The third kappa shape index (κ3) is 3.27. The van der Waals surface area contributed by atoms with Gasteiger partial charge in [-0.15, -0.1) is 0 Å². The molecule has 0 spiro atoms. The van der Waals surface area contributed by atoms with Crippen LogP contribution in [0.25, 0.3) is 0 Å². The van der Waals surface area contributed by atoms with Crippen molar-refractivity contribution in [1.82, 2.24) is 0 Å². The van der Waals surface area contributed by atoms with E-state index in [9.17, 15) is 18.0 Å². The first-order valence-electron chi connectivity index (χ1n) is 4.74. The Morgan fingerprint density at radius 3 is 2.50 bits per heavy atom. The van der Waals surface area contributed by atoms with Crippen molar-refractivity contribution >= 4 is 17.5 Å². The molecule has 1 aromatic rings. The Kier molecular flexibility index (Phi) is 4.41. The summed E-state index contributed by atoms with van der Waals surface area (Å²) >= 11 is 1.31. The molecule has 16 heavy (non-hydrogen) atoms. The molecule has 0 N–H and O–H groups in total. The van der Waals surface area contributed by atoms with Crippen LogP contribution in [0.15, 0.2) is 24.3 Å². The van der Waals surface area contributed by atoms with E-state index in [1.807, 2.05) is 6.92 Å². The van der Waals surface area contributed by atoms with Gasteiger partial charge in [0.15, 0.2) is 5.78 Å². The Balaban J connectivity index is 3.00. The zero-order valence-corrected chi connectivity index (χ0v) is 9.49. The highest BCUT2D eigenvalue weighted by Gasteiger charge is 2.34. The van der Waals surface area contributed by atoms with Gasteiger partial charge in [-0.2, -0.15) is 24.9 Å². The van der Waals surface area contributed by atoms with E-state index in [0.717, 1.165) is 6.07 Å². The van der Waals surface area contributed by atoms with Gasteiger partial charge in [-0.1, -0.05) is 25.1 Å². The van der Waals surface area contributed by atoms with E-state index in [2.05, 4.69) is 0 Å². The van der Waals surface area contributed by atoms with Crippen molar-refractivity contribution in [1.29, 1.82) is 0 Å². The number of hydrogen-bond acceptors (Lipinski definition) is 2. The SMILES string of the molecule is CCSCC(=O)c1ccccc1C(F)(F)F. The molecule has 0 atom stereocenters. The predicted molar refractivity (Wildman–Crippen MR) is 58.8 cm³/mol. The number of carbonyl (C=O) groups is 1. The lowest BCUT2D eigenvalue weighted by Crippen LogP contribution is -2.14. The second-order valence-corrected chi connectivity index (χ2v) is 4.38. The average Bonchev–Trinajstić information content (AvgIpc) is 2.24. The molecule has 0 unspecified atom stereocenters. The van der Waals surface area contributed by atoms with Crippen molar-refractivity contribution in [2.24, 2.45) is 0 Å². The first kappa shape index (κ1) is 13.1. The molecule has 1 nitrogen and oxygen atoms in total. The van der Waals surface area contributed by atoms with Gasteiger partial charge in [0.2, 0.25) is 0 Å². The number of hydrogen-bond donors (Lipinski definition) is 0. The smallest absolute Gasteiger partial charge is 0.293 e. The van der Waals surface area contributed by atoms with Gasteiger partial charge in [0.25, 0.3) is 0 Å². The van der Waals surface area contributed by atoms with E-state index < -0.39 is 17.5 Å². The van der Waals surface area contributed by atoms with Crippen molar-refractivity contribution in [3.8, 4) is 0 Å². The number of rotatable bonds is 4. The molecular weight excluding hydrogens is 237 g/mol. The number of thioether (sulfide) groups is 1. The van der Waals surface area contributed by atoms with Gasteiger partial charge in [0.1, 0.15) is 0 Å². The first-order valence-corrected chi connectivity index (χ1v) is 5.89. The van der Waals surface area contributed by atoms with Gasteiger partial charge < -0.3 is 0 Å². The van der Waals surface area contributed by atoms with Crippen molar-refractivity contribution in [3.05, 3.63) is 35.4 Å². The highest BCUT2D eigenvalue weighted by molar-refractivity contribution is 7.99. The van der Waals surface area contributed by atoms with Crippen LogP contribution < -0.4 is 0 Å². The van der Waals surface area contributed by atoms with Crippen LogP contribution >= 0.6 is 11.8 Å². The second kappa shape index (κ2) is 5.39. The monoisotopic (exact) mass is 248 g/mol. The molecule has 0 aliphatic rings. The van der Waals surface area contributed by atoms with Crippen molar-refractivity contribution in [3.63, 3.8) is 0 Å².